The summed E-state index contributed by atoms with van der Waals surface area (Å²) in [6, 6.07) is 2.17. The Balaban J connectivity index is 1.94. The molecule has 3 nitrogen and oxygen atoms in total. The Morgan fingerprint density at radius 1 is 1.55 bits per heavy atom. The summed E-state index contributed by atoms with van der Waals surface area (Å²) in [4.78, 5) is 2.48. The number of halogens is 1. The number of thioether (sulfide) groups is 1. The molecule has 6 heteroatoms. The van der Waals surface area contributed by atoms with Gasteiger partial charge in [0, 0.05) is 22.1 Å². The first kappa shape index (κ1) is 14.6. The molecule has 0 fully saturated rings. The van der Waals surface area contributed by atoms with Gasteiger partial charge in [-0.05, 0) is 46.2 Å². The molecule has 20 heavy (non-hydrogen) atoms. The number of aliphatic hydroxyl groups is 1. The van der Waals surface area contributed by atoms with Gasteiger partial charge in [0.1, 0.15) is 6.10 Å². The average Bonchev–Trinajstić information content (AvgIpc) is 3.02. The minimum absolute atomic E-state index is 0.584. The fourth-order valence-electron chi connectivity index (χ4n) is 2.47. The molecule has 0 amide bonds. The zero-order chi connectivity index (χ0) is 14.1. The van der Waals surface area contributed by atoms with Crippen LogP contribution in [0.4, 0.5) is 0 Å². The van der Waals surface area contributed by atoms with Gasteiger partial charge in [-0.2, -0.15) is 16.9 Å². The van der Waals surface area contributed by atoms with Gasteiger partial charge in [-0.3, -0.25) is 4.68 Å². The van der Waals surface area contributed by atoms with E-state index in [-0.39, 0.29) is 0 Å². The molecular formula is C14H17BrN2OS2. The van der Waals surface area contributed by atoms with Crippen LogP contribution in [0.25, 0.3) is 0 Å². The van der Waals surface area contributed by atoms with Crippen LogP contribution in [0.15, 0.2) is 16.7 Å². The van der Waals surface area contributed by atoms with Crippen LogP contribution in [-0.4, -0.2) is 20.6 Å². The van der Waals surface area contributed by atoms with Crippen LogP contribution in [-0.2, 0) is 18.7 Å². The van der Waals surface area contributed by atoms with Gasteiger partial charge >= 0.3 is 0 Å². The number of thiophene rings is 1. The highest BCUT2D eigenvalue weighted by Gasteiger charge is 2.23. The standard InChI is InChI=1S/C14H17BrN2OS2/c1-2-4-17-13(10(15)7-16-17)14(18)12-6-9-8-19-5-3-11(9)20-12/h6-7,14,18H,2-5,8H2,1H3. The van der Waals surface area contributed by atoms with E-state index in [1.54, 1.807) is 17.5 Å². The third-order valence-electron chi connectivity index (χ3n) is 3.44. The number of aryl methyl sites for hydroxylation is 2. The first-order valence-corrected chi connectivity index (χ1v) is 9.55. The summed E-state index contributed by atoms with van der Waals surface area (Å²) in [7, 11) is 0. The summed E-state index contributed by atoms with van der Waals surface area (Å²) < 4.78 is 2.79. The first-order chi connectivity index (χ1) is 9.70. The summed E-state index contributed by atoms with van der Waals surface area (Å²) in [6.07, 6.45) is 3.33. The molecule has 0 spiro atoms. The molecule has 0 bridgehead atoms. The maximum absolute atomic E-state index is 10.7. The molecule has 0 aromatic carbocycles. The van der Waals surface area contributed by atoms with E-state index in [9.17, 15) is 5.11 Å². The van der Waals surface area contributed by atoms with Crippen LogP contribution in [0.1, 0.15) is 40.5 Å². The van der Waals surface area contributed by atoms with Gasteiger partial charge in [-0.15, -0.1) is 11.3 Å². The minimum atomic E-state index is -0.584. The van der Waals surface area contributed by atoms with Crippen molar-refractivity contribution in [2.24, 2.45) is 0 Å². The average molecular weight is 373 g/mol. The molecule has 2 aromatic rings. The van der Waals surface area contributed by atoms with Crippen LogP contribution in [0.2, 0.25) is 0 Å². The van der Waals surface area contributed by atoms with Crippen molar-refractivity contribution in [3.63, 3.8) is 0 Å². The van der Waals surface area contributed by atoms with E-state index in [0.717, 1.165) is 40.2 Å². The minimum Gasteiger partial charge on any atom is -0.381 e. The smallest absolute Gasteiger partial charge is 0.131 e. The molecule has 1 N–H and O–H groups in total. The number of aliphatic hydroxyl groups excluding tert-OH is 1. The van der Waals surface area contributed by atoms with Crippen LogP contribution < -0.4 is 0 Å². The summed E-state index contributed by atoms with van der Waals surface area (Å²) >= 11 is 7.24. The fourth-order valence-corrected chi connectivity index (χ4v) is 5.35. The molecule has 1 aliphatic rings. The van der Waals surface area contributed by atoms with E-state index in [4.69, 9.17) is 0 Å². The SMILES string of the molecule is CCCn1ncc(Br)c1C(O)c1cc2c(s1)CCSC2. The van der Waals surface area contributed by atoms with Crippen molar-refractivity contribution in [2.45, 2.75) is 38.2 Å². The lowest BCUT2D eigenvalue weighted by molar-refractivity contribution is 0.210. The maximum Gasteiger partial charge on any atom is 0.131 e. The Hall–Kier alpha value is -0.300. The Morgan fingerprint density at radius 3 is 3.15 bits per heavy atom. The molecule has 1 aliphatic heterocycles. The quantitative estimate of drug-likeness (QED) is 0.881. The van der Waals surface area contributed by atoms with Gasteiger partial charge in [0.05, 0.1) is 16.4 Å². The van der Waals surface area contributed by atoms with Gasteiger partial charge < -0.3 is 5.11 Å². The summed E-state index contributed by atoms with van der Waals surface area (Å²) in [5.74, 6) is 2.27. The number of hydrogen-bond donors (Lipinski definition) is 1. The van der Waals surface area contributed by atoms with Gasteiger partial charge in [0.25, 0.3) is 0 Å². The van der Waals surface area contributed by atoms with E-state index < -0.39 is 6.10 Å². The van der Waals surface area contributed by atoms with Crippen LogP contribution >= 0.6 is 39.0 Å². The highest BCUT2D eigenvalue weighted by atomic mass is 79.9. The van der Waals surface area contributed by atoms with Crippen LogP contribution in [0.5, 0.6) is 0 Å². The number of aromatic nitrogens is 2. The molecule has 3 heterocycles. The Bertz CT molecular complexity index is 585. The second kappa shape index (κ2) is 6.22. The van der Waals surface area contributed by atoms with E-state index in [1.165, 1.54) is 16.2 Å². The zero-order valence-corrected chi connectivity index (χ0v) is 14.5. The normalized spacial score (nSPS) is 16.1. The monoisotopic (exact) mass is 372 g/mol. The fraction of sp³-hybridized carbons (Fsp3) is 0.500. The molecule has 0 aliphatic carbocycles. The molecule has 0 radical (unpaired) electrons. The predicted octanol–water partition coefficient (Wildman–Crippen LogP) is 3.99. The number of rotatable bonds is 4. The summed E-state index contributed by atoms with van der Waals surface area (Å²) in [5, 5.41) is 15.1. The second-order valence-corrected chi connectivity index (χ2v) is 8.03. The van der Waals surface area contributed by atoms with Gasteiger partial charge in [-0.1, -0.05) is 6.92 Å². The third kappa shape index (κ3) is 2.71. The topological polar surface area (TPSA) is 38.0 Å². The maximum atomic E-state index is 10.7. The van der Waals surface area contributed by atoms with Crippen LogP contribution in [0, 0.1) is 0 Å². The highest BCUT2D eigenvalue weighted by Crippen LogP contribution is 2.38. The molecule has 1 unspecified atom stereocenters. The van der Waals surface area contributed by atoms with Gasteiger partial charge in [-0.25, -0.2) is 0 Å². The second-order valence-electron chi connectivity index (χ2n) is 4.90. The Morgan fingerprint density at radius 2 is 2.40 bits per heavy atom. The molecule has 108 valence electrons. The van der Waals surface area contributed by atoms with Crippen molar-refractivity contribution >= 4 is 39.0 Å². The molecular weight excluding hydrogens is 356 g/mol. The molecule has 3 rings (SSSR count). The number of nitrogens with zero attached hydrogens (tertiary/aromatic N) is 2. The first-order valence-electron chi connectivity index (χ1n) is 6.79. The lowest BCUT2D eigenvalue weighted by atomic mass is 10.1. The van der Waals surface area contributed by atoms with E-state index in [1.807, 2.05) is 16.4 Å². The zero-order valence-electron chi connectivity index (χ0n) is 11.3. The third-order valence-corrected chi connectivity index (χ3v) is 6.35. The summed E-state index contributed by atoms with van der Waals surface area (Å²) in [5.41, 5.74) is 2.27. The number of hydrogen-bond acceptors (Lipinski definition) is 4. The highest BCUT2D eigenvalue weighted by molar-refractivity contribution is 9.10. The van der Waals surface area contributed by atoms with Crippen molar-refractivity contribution in [1.82, 2.24) is 9.78 Å². The molecule has 1 atom stereocenters. The predicted molar refractivity (Wildman–Crippen MR) is 88.5 cm³/mol. The molecule has 2 aromatic heterocycles. The molecule has 0 saturated carbocycles. The van der Waals surface area contributed by atoms with E-state index >= 15 is 0 Å². The Labute approximate surface area is 135 Å². The van der Waals surface area contributed by atoms with Crippen molar-refractivity contribution in [2.75, 3.05) is 5.75 Å². The Kier molecular flexibility index (Phi) is 4.55. The van der Waals surface area contributed by atoms with Crippen molar-refractivity contribution in [3.05, 3.63) is 37.7 Å². The number of fused-ring (bicyclic) bond motifs is 1. The van der Waals surface area contributed by atoms with Gasteiger partial charge in [0.15, 0.2) is 0 Å². The lowest BCUT2D eigenvalue weighted by Gasteiger charge is -2.12. The van der Waals surface area contributed by atoms with E-state index in [2.05, 4.69) is 34.0 Å². The van der Waals surface area contributed by atoms with Crippen molar-refractivity contribution in [1.29, 1.82) is 0 Å². The lowest BCUT2D eigenvalue weighted by Crippen LogP contribution is -2.09. The summed E-state index contributed by atoms with van der Waals surface area (Å²) in [6.45, 7) is 2.95. The molecule has 0 saturated heterocycles. The van der Waals surface area contributed by atoms with Crippen molar-refractivity contribution < 1.29 is 5.11 Å². The van der Waals surface area contributed by atoms with Crippen molar-refractivity contribution in [3.8, 4) is 0 Å². The van der Waals surface area contributed by atoms with Crippen LogP contribution in [0.3, 0.4) is 0 Å². The van der Waals surface area contributed by atoms with E-state index in [0.29, 0.717) is 0 Å². The largest absolute Gasteiger partial charge is 0.381 e. The van der Waals surface area contributed by atoms with Gasteiger partial charge in [0.2, 0.25) is 0 Å².